The van der Waals surface area contributed by atoms with Crippen molar-refractivity contribution in [2.45, 2.75) is 26.1 Å². The highest BCUT2D eigenvalue weighted by Crippen LogP contribution is 2.15. The molecule has 2 aromatic rings. The second-order valence-corrected chi connectivity index (χ2v) is 7.07. The molecule has 0 saturated heterocycles. The van der Waals surface area contributed by atoms with E-state index in [1.54, 1.807) is 62.4 Å². The molecular weight excluding hydrogens is 440 g/mol. The van der Waals surface area contributed by atoms with Gasteiger partial charge in [0.05, 0.1) is 11.1 Å². The lowest BCUT2D eigenvalue weighted by Gasteiger charge is -2.21. The molecule has 2 unspecified atom stereocenters. The fourth-order valence-electron chi connectivity index (χ4n) is 1.84. The third-order valence-corrected chi connectivity index (χ3v) is 4.46. The number of rotatable bonds is 5. The van der Waals surface area contributed by atoms with Gasteiger partial charge in [0.1, 0.15) is 12.2 Å². The van der Waals surface area contributed by atoms with Crippen LogP contribution in [0.15, 0.2) is 57.5 Å². The van der Waals surface area contributed by atoms with Crippen LogP contribution in [-0.2, 0) is 9.47 Å². The lowest BCUT2D eigenvalue weighted by molar-refractivity contribution is -0.0239. The molecule has 0 amide bonds. The Morgan fingerprint density at radius 2 is 1.00 bits per heavy atom. The summed E-state index contributed by atoms with van der Waals surface area (Å²) >= 11 is 6.62. The molecule has 0 saturated carbocycles. The molecule has 2 rings (SSSR count). The molecule has 0 fully saturated rings. The lowest BCUT2D eigenvalue weighted by Crippen LogP contribution is -2.30. The highest BCUT2D eigenvalue weighted by Gasteiger charge is 2.22. The Balaban J connectivity index is 1.92. The molecule has 4 nitrogen and oxygen atoms in total. The summed E-state index contributed by atoms with van der Waals surface area (Å²) in [6, 6.07) is 13.7. The van der Waals surface area contributed by atoms with Crippen molar-refractivity contribution in [3.63, 3.8) is 0 Å². The molecule has 0 aliphatic heterocycles. The Morgan fingerprint density at radius 1 is 0.708 bits per heavy atom. The second kappa shape index (κ2) is 8.44. The summed E-state index contributed by atoms with van der Waals surface area (Å²) in [5.41, 5.74) is 0.882. The number of halogens is 2. The summed E-state index contributed by atoms with van der Waals surface area (Å²) in [6.45, 7) is 3.38. The Bertz CT molecular complexity index is 647. The molecular formula is C18H16Br2O4. The zero-order valence-corrected chi connectivity index (χ0v) is 16.3. The van der Waals surface area contributed by atoms with Gasteiger partial charge in [0.25, 0.3) is 0 Å². The maximum Gasteiger partial charge on any atom is 0.338 e. The van der Waals surface area contributed by atoms with Gasteiger partial charge < -0.3 is 9.47 Å². The van der Waals surface area contributed by atoms with Gasteiger partial charge in [-0.2, -0.15) is 0 Å². The smallest absolute Gasteiger partial charge is 0.338 e. The second-order valence-electron chi connectivity index (χ2n) is 5.23. The van der Waals surface area contributed by atoms with Crippen molar-refractivity contribution in [1.82, 2.24) is 0 Å². The molecule has 0 aliphatic carbocycles. The Kier molecular flexibility index (Phi) is 6.57. The van der Waals surface area contributed by atoms with Crippen LogP contribution >= 0.6 is 31.9 Å². The topological polar surface area (TPSA) is 52.6 Å². The molecule has 126 valence electrons. The minimum absolute atomic E-state index is 0.441. The van der Waals surface area contributed by atoms with E-state index in [9.17, 15) is 9.59 Å². The summed E-state index contributed by atoms with van der Waals surface area (Å²) in [7, 11) is 0. The molecule has 24 heavy (non-hydrogen) atoms. The molecule has 2 atom stereocenters. The first kappa shape index (κ1) is 18.7. The van der Waals surface area contributed by atoms with Gasteiger partial charge >= 0.3 is 11.9 Å². The minimum atomic E-state index is -0.569. The standard InChI is InChI=1S/C18H16Br2O4/c1-11(23-17(21)13-3-7-15(19)8-4-13)12(2)24-18(22)14-5-9-16(20)10-6-14/h3-12H,1-2H3. The first-order valence-corrected chi connectivity index (χ1v) is 8.88. The van der Waals surface area contributed by atoms with E-state index in [1.807, 2.05) is 0 Å². The van der Waals surface area contributed by atoms with Crippen LogP contribution in [0.25, 0.3) is 0 Å². The van der Waals surface area contributed by atoms with E-state index in [0.29, 0.717) is 11.1 Å². The third kappa shape index (κ3) is 5.18. The van der Waals surface area contributed by atoms with Crippen molar-refractivity contribution in [3.05, 3.63) is 68.6 Å². The predicted octanol–water partition coefficient (Wildman–Crippen LogP) is 5.00. The number of hydrogen-bond donors (Lipinski definition) is 0. The van der Waals surface area contributed by atoms with E-state index in [0.717, 1.165) is 8.95 Å². The maximum absolute atomic E-state index is 12.1. The number of carbonyl (C=O) groups is 2. The van der Waals surface area contributed by atoms with Gasteiger partial charge in [-0.1, -0.05) is 31.9 Å². The molecule has 0 spiro atoms. The van der Waals surface area contributed by atoms with Crippen LogP contribution < -0.4 is 0 Å². The van der Waals surface area contributed by atoms with Crippen molar-refractivity contribution in [3.8, 4) is 0 Å². The normalized spacial score (nSPS) is 13.0. The minimum Gasteiger partial charge on any atom is -0.455 e. The Hall–Kier alpha value is -1.66. The van der Waals surface area contributed by atoms with E-state index in [-0.39, 0.29) is 0 Å². The third-order valence-electron chi connectivity index (χ3n) is 3.41. The van der Waals surface area contributed by atoms with E-state index >= 15 is 0 Å². The van der Waals surface area contributed by atoms with E-state index < -0.39 is 24.1 Å². The molecule has 0 aliphatic rings. The lowest BCUT2D eigenvalue weighted by atomic mass is 10.2. The van der Waals surface area contributed by atoms with Gasteiger partial charge in [-0.25, -0.2) is 9.59 Å². The van der Waals surface area contributed by atoms with Crippen molar-refractivity contribution in [2.24, 2.45) is 0 Å². The number of esters is 2. The highest BCUT2D eigenvalue weighted by atomic mass is 79.9. The monoisotopic (exact) mass is 454 g/mol. The number of carbonyl (C=O) groups excluding carboxylic acids is 2. The van der Waals surface area contributed by atoms with Crippen LogP contribution in [0.2, 0.25) is 0 Å². The summed E-state index contributed by atoms with van der Waals surface area (Å²) in [6.07, 6.45) is -1.14. The average Bonchev–Trinajstić information content (AvgIpc) is 2.55. The van der Waals surface area contributed by atoms with E-state index in [4.69, 9.17) is 9.47 Å². The van der Waals surface area contributed by atoms with Crippen LogP contribution in [0.4, 0.5) is 0 Å². The van der Waals surface area contributed by atoms with Gasteiger partial charge in [0, 0.05) is 8.95 Å². The molecule has 0 bridgehead atoms. The van der Waals surface area contributed by atoms with Gasteiger partial charge in [-0.3, -0.25) is 0 Å². The van der Waals surface area contributed by atoms with Crippen LogP contribution in [-0.4, -0.2) is 24.1 Å². The molecule has 2 aromatic carbocycles. The predicted molar refractivity (Wildman–Crippen MR) is 98.0 cm³/mol. The summed E-state index contributed by atoms with van der Waals surface area (Å²) in [4.78, 5) is 24.2. The SMILES string of the molecule is CC(OC(=O)c1ccc(Br)cc1)C(C)OC(=O)c1ccc(Br)cc1. The van der Waals surface area contributed by atoms with Gasteiger partial charge in [-0.15, -0.1) is 0 Å². The van der Waals surface area contributed by atoms with Gasteiger partial charge in [0.2, 0.25) is 0 Å². The molecule has 0 aromatic heterocycles. The summed E-state index contributed by atoms with van der Waals surface area (Å²) in [5, 5.41) is 0. The molecule has 0 radical (unpaired) electrons. The largest absolute Gasteiger partial charge is 0.455 e. The fraction of sp³-hybridized carbons (Fsp3) is 0.222. The maximum atomic E-state index is 12.1. The fourth-order valence-corrected chi connectivity index (χ4v) is 2.37. The zero-order valence-electron chi connectivity index (χ0n) is 13.2. The first-order chi connectivity index (χ1) is 11.4. The quantitative estimate of drug-likeness (QED) is 0.595. The molecule has 0 N–H and O–H groups in total. The summed E-state index contributed by atoms with van der Waals surface area (Å²) < 4.78 is 12.5. The van der Waals surface area contributed by atoms with Crippen LogP contribution in [0.3, 0.4) is 0 Å². The van der Waals surface area contributed by atoms with E-state index in [2.05, 4.69) is 31.9 Å². The van der Waals surface area contributed by atoms with Crippen molar-refractivity contribution < 1.29 is 19.1 Å². The molecule has 6 heteroatoms. The van der Waals surface area contributed by atoms with Crippen molar-refractivity contribution in [1.29, 1.82) is 0 Å². The van der Waals surface area contributed by atoms with Gasteiger partial charge in [-0.05, 0) is 62.4 Å². The molecule has 0 heterocycles. The Morgan fingerprint density at radius 3 is 1.29 bits per heavy atom. The van der Waals surface area contributed by atoms with Crippen LogP contribution in [0.1, 0.15) is 34.6 Å². The Labute approximate surface area is 157 Å². The summed E-state index contributed by atoms with van der Waals surface area (Å²) in [5.74, 6) is -0.914. The number of hydrogen-bond acceptors (Lipinski definition) is 4. The van der Waals surface area contributed by atoms with Crippen molar-refractivity contribution >= 4 is 43.8 Å². The zero-order chi connectivity index (χ0) is 17.7. The number of ether oxygens (including phenoxy) is 2. The average molecular weight is 456 g/mol. The number of benzene rings is 2. The van der Waals surface area contributed by atoms with Crippen molar-refractivity contribution in [2.75, 3.05) is 0 Å². The van der Waals surface area contributed by atoms with Crippen LogP contribution in [0, 0.1) is 0 Å². The highest BCUT2D eigenvalue weighted by molar-refractivity contribution is 9.10. The van der Waals surface area contributed by atoms with E-state index in [1.165, 1.54) is 0 Å². The van der Waals surface area contributed by atoms with Gasteiger partial charge in [0.15, 0.2) is 0 Å². The van der Waals surface area contributed by atoms with Crippen LogP contribution in [0.5, 0.6) is 0 Å². The first-order valence-electron chi connectivity index (χ1n) is 7.30.